The molecule has 0 N–H and O–H groups in total. The molecular formula is C16H22N2O3S. The maximum atomic E-state index is 12.3. The van der Waals surface area contributed by atoms with Gasteiger partial charge in [0.05, 0.1) is 11.9 Å². The molecule has 0 radical (unpaired) electrons. The largest absolute Gasteiger partial charge is 0.341 e. The van der Waals surface area contributed by atoms with Gasteiger partial charge in [0.2, 0.25) is 15.9 Å². The Morgan fingerprint density at radius 1 is 1.18 bits per heavy atom. The van der Waals surface area contributed by atoms with Gasteiger partial charge in [-0.25, -0.2) is 8.42 Å². The average molecular weight is 322 g/mol. The minimum Gasteiger partial charge on any atom is -0.341 e. The summed E-state index contributed by atoms with van der Waals surface area (Å²) in [5.74, 6) is 0.531. The van der Waals surface area contributed by atoms with E-state index in [0.29, 0.717) is 19.6 Å². The quantitative estimate of drug-likeness (QED) is 0.832. The number of para-hydroxylation sites is 1. The fourth-order valence-electron chi connectivity index (χ4n) is 3.61. The Hall–Kier alpha value is -1.56. The minimum absolute atomic E-state index is 0.0265. The summed E-state index contributed by atoms with van der Waals surface area (Å²) in [6.45, 7) is 5.60. The average Bonchev–Trinajstić information content (AvgIpc) is 2.88. The van der Waals surface area contributed by atoms with Gasteiger partial charge in [0.25, 0.3) is 0 Å². The fourth-order valence-corrected chi connectivity index (χ4v) is 4.59. The molecule has 0 aromatic heterocycles. The third-order valence-corrected chi connectivity index (χ3v) is 5.80. The van der Waals surface area contributed by atoms with E-state index in [1.165, 1.54) is 10.6 Å². The zero-order valence-electron chi connectivity index (χ0n) is 13.2. The normalized spacial score (nSPS) is 24.4. The highest BCUT2D eigenvalue weighted by molar-refractivity contribution is 7.92. The highest BCUT2D eigenvalue weighted by Crippen LogP contribution is 2.43. The van der Waals surface area contributed by atoms with Crippen molar-refractivity contribution in [3.8, 4) is 0 Å². The number of nitrogens with zero attached hydrogens (tertiary/aromatic N) is 2. The second-order valence-electron chi connectivity index (χ2n) is 6.62. The fraction of sp³-hybridized carbons (Fsp3) is 0.562. The summed E-state index contributed by atoms with van der Waals surface area (Å²) in [6.07, 6.45) is 1.25. The first-order valence-electron chi connectivity index (χ1n) is 7.64. The first-order chi connectivity index (χ1) is 10.3. The monoisotopic (exact) mass is 322 g/mol. The van der Waals surface area contributed by atoms with Crippen molar-refractivity contribution in [1.29, 1.82) is 0 Å². The van der Waals surface area contributed by atoms with Crippen LogP contribution in [0.5, 0.6) is 0 Å². The van der Waals surface area contributed by atoms with Crippen LogP contribution in [0.2, 0.25) is 0 Å². The molecule has 2 aliphatic rings. The molecule has 5 nitrogen and oxygen atoms in total. The van der Waals surface area contributed by atoms with Gasteiger partial charge in [-0.1, -0.05) is 32.0 Å². The van der Waals surface area contributed by atoms with E-state index in [1.54, 1.807) is 0 Å². The molecule has 0 bridgehead atoms. The van der Waals surface area contributed by atoms with Crippen LogP contribution in [0.3, 0.4) is 0 Å². The van der Waals surface area contributed by atoms with E-state index >= 15 is 0 Å². The number of benzene rings is 1. The number of hydrogen-bond acceptors (Lipinski definition) is 3. The predicted molar refractivity (Wildman–Crippen MR) is 86.3 cm³/mol. The number of carbonyl (C=O) groups excluding carboxylic acids is 1. The van der Waals surface area contributed by atoms with Gasteiger partial charge in [0.1, 0.15) is 0 Å². The number of carbonyl (C=O) groups is 1. The molecule has 2 aliphatic heterocycles. The summed E-state index contributed by atoms with van der Waals surface area (Å²) < 4.78 is 25.7. The lowest BCUT2D eigenvalue weighted by atomic mass is 9.85. The first kappa shape index (κ1) is 15.3. The standard InChI is InChI=1S/C16H22N2O3S/c1-11(2)16(19)17-8-12-9-18(22(3,20)21)15-7-5-4-6-13(15)14(12)10-17/h4-7,11-12,14H,8-10H2,1-3H3/t12-,14+/m0/s1. The number of hydrogen-bond donors (Lipinski definition) is 0. The number of sulfonamides is 1. The maximum absolute atomic E-state index is 12.3. The Morgan fingerprint density at radius 2 is 1.86 bits per heavy atom. The van der Waals surface area contributed by atoms with Crippen LogP contribution in [0.1, 0.15) is 25.3 Å². The second-order valence-corrected chi connectivity index (χ2v) is 8.52. The molecule has 2 heterocycles. The van der Waals surface area contributed by atoms with E-state index < -0.39 is 10.0 Å². The molecule has 0 unspecified atom stereocenters. The molecule has 1 fully saturated rings. The molecule has 1 saturated heterocycles. The summed E-state index contributed by atoms with van der Waals surface area (Å²) in [6, 6.07) is 7.66. The number of amides is 1. The van der Waals surface area contributed by atoms with Crippen molar-refractivity contribution in [1.82, 2.24) is 4.90 Å². The van der Waals surface area contributed by atoms with Crippen molar-refractivity contribution >= 4 is 21.6 Å². The van der Waals surface area contributed by atoms with E-state index in [-0.39, 0.29) is 23.7 Å². The zero-order chi connectivity index (χ0) is 16.1. The molecular weight excluding hydrogens is 300 g/mol. The Kier molecular flexibility index (Phi) is 3.67. The van der Waals surface area contributed by atoms with Crippen LogP contribution >= 0.6 is 0 Å². The van der Waals surface area contributed by atoms with Crippen LogP contribution in [-0.4, -0.2) is 45.1 Å². The second kappa shape index (κ2) is 5.26. The van der Waals surface area contributed by atoms with Crippen LogP contribution in [0.25, 0.3) is 0 Å². The molecule has 0 saturated carbocycles. The summed E-state index contributed by atoms with van der Waals surface area (Å²) in [4.78, 5) is 14.2. The molecule has 22 heavy (non-hydrogen) atoms. The zero-order valence-corrected chi connectivity index (χ0v) is 14.0. The molecule has 6 heteroatoms. The van der Waals surface area contributed by atoms with Crippen LogP contribution in [0, 0.1) is 11.8 Å². The SMILES string of the molecule is CC(C)C(=O)N1C[C@H]2CN(S(C)(=O)=O)c3ccccc3[C@@H]2C1. The molecule has 0 aliphatic carbocycles. The minimum atomic E-state index is -3.30. The van der Waals surface area contributed by atoms with Crippen LogP contribution in [0.15, 0.2) is 24.3 Å². The number of rotatable bonds is 2. The lowest BCUT2D eigenvalue weighted by molar-refractivity contribution is -0.133. The van der Waals surface area contributed by atoms with Crippen molar-refractivity contribution in [2.45, 2.75) is 19.8 Å². The van der Waals surface area contributed by atoms with Crippen molar-refractivity contribution in [2.24, 2.45) is 11.8 Å². The third-order valence-electron chi connectivity index (χ3n) is 4.65. The summed E-state index contributed by atoms with van der Waals surface area (Å²) in [5.41, 5.74) is 1.81. The molecule has 0 spiro atoms. The highest BCUT2D eigenvalue weighted by atomic mass is 32.2. The smallest absolute Gasteiger partial charge is 0.232 e. The van der Waals surface area contributed by atoms with Gasteiger partial charge in [-0.2, -0.15) is 0 Å². The number of likely N-dealkylation sites (tertiary alicyclic amines) is 1. The summed E-state index contributed by atoms with van der Waals surface area (Å²) in [7, 11) is -3.30. The third kappa shape index (κ3) is 2.49. The van der Waals surface area contributed by atoms with E-state index in [0.717, 1.165) is 11.3 Å². The van der Waals surface area contributed by atoms with Gasteiger partial charge >= 0.3 is 0 Å². The Morgan fingerprint density at radius 3 is 2.50 bits per heavy atom. The van der Waals surface area contributed by atoms with Crippen molar-refractivity contribution < 1.29 is 13.2 Å². The van der Waals surface area contributed by atoms with Crippen LogP contribution in [-0.2, 0) is 14.8 Å². The van der Waals surface area contributed by atoms with Gasteiger partial charge in [-0.15, -0.1) is 0 Å². The van der Waals surface area contributed by atoms with Gasteiger partial charge in [-0.05, 0) is 11.6 Å². The van der Waals surface area contributed by atoms with Crippen molar-refractivity contribution in [3.05, 3.63) is 29.8 Å². The molecule has 1 amide bonds. The van der Waals surface area contributed by atoms with Crippen molar-refractivity contribution in [2.75, 3.05) is 30.2 Å². The lowest BCUT2D eigenvalue weighted by Crippen LogP contribution is -2.41. The lowest BCUT2D eigenvalue weighted by Gasteiger charge is -2.35. The molecule has 1 aromatic carbocycles. The molecule has 3 rings (SSSR count). The van der Waals surface area contributed by atoms with Gasteiger partial charge in [0.15, 0.2) is 0 Å². The summed E-state index contributed by atoms with van der Waals surface area (Å²) in [5, 5.41) is 0. The molecule has 2 atom stereocenters. The van der Waals surface area contributed by atoms with E-state index in [9.17, 15) is 13.2 Å². The van der Waals surface area contributed by atoms with E-state index in [4.69, 9.17) is 0 Å². The van der Waals surface area contributed by atoms with Crippen LogP contribution in [0.4, 0.5) is 5.69 Å². The highest BCUT2D eigenvalue weighted by Gasteiger charge is 2.43. The maximum Gasteiger partial charge on any atom is 0.232 e. The van der Waals surface area contributed by atoms with Crippen molar-refractivity contribution in [3.63, 3.8) is 0 Å². The Balaban J connectivity index is 1.98. The predicted octanol–water partition coefficient (Wildman–Crippen LogP) is 1.66. The Bertz CT molecular complexity index is 699. The molecule has 120 valence electrons. The number of anilines is 1. The first-order valence-corrected chi connectivity index (χ1v) is 9.49. The summed E-state index contributed by atoms with van der Waals surface area (Å²) >= 11 is 0. The molecule has 1 aromatic rings. The number of fused-ring (bicyclic) bond motifs is 3. The van der Waals surface area contributed by atoms with Crippen LogP contribution < -0.4 is 4.31 Å². The van der Waals surface area contributed by atoms with E-state index in [2.05, 4.69) is 0 Å². The van der Waals surface area contributed by atoms with Gasteiger partial charge < -0.3 is 4.90 Å². The van der Waals surface area contributed by atoms with Gasteiger partial charge in [0, 0.05) is 37.4 Å². The Labute approximate surface area is 132 Å². The van der Waals surface area contributed by atoms with Gasteiger partial charge in [-0.3, -0.25) is 9.10 Å². The topological polar surface area (TPSA) is 57.7 Å². The van der Waals surface area contributed by atoms with E-state index in [1.807, 2.05) is 43.0 Å².